The maximum absolute atomic E-state index is 5.07. The van der Waals surface area contributed by atoms with E-state index in [9.17, 15) is 0 Å². The van der Waals surface area contributed by atoms with Crippen molar-refractivity contribution < 1.29 is 0 Å². The number of para-hydroxylation sites is 9. The Morgan fingerprint density at radius 1 is 0.140 bits per heavy atom. The van der Waals surface area contributed by atoms with Gasteiger partial charge in [0.15, 0.2) is 11.6 Å². The number of fused-ring (bicyclic) bond motifs is 19. The van der Waals surface area contributed by atoms with Crippen LogP contribution in [0.2, 0.25) is 0 Å². The fourth-order valence-corrected chi connectivity index (χ4v) is 20.5. The van der Waals surface area contributed by atoms with Crippen LogP contribution >= 0.6 is 0 Å². The van der Waals surface area contributed by atoms with E-state index in [4.69, 9.17) is 29.9 Å². The van der Waals surface area contributed by atoms with Crippen molar-refractivity contribution in [3.05, 3.63) is 486 Å². The van der Waals surface area contributed by atoms with Crippen molar-refractivity contribution in [2.45, 2.75) is 0 Å². The molecule has 28 aromatic rings. The summed E-state index contributed by atoms with van der Waals surface area (Å²) < 4.78 is 13.8. The molecule has 0 fully saturated rings. The standard InChI is InChI=1S/C44H28N6.C41H27N3.C39H25N3/c1-4-14-29(15-5-1)42-46-43(30-16-6-2-7-17-30)48-44(47-42)50-39-23-13-11-20-33(39)35-26-31(24-25-40(35)50)37-27-36-34-21-10-12-22-38(34)49(41(36)28-45-37)32-18-8-3-9-19-32;1-3-11-28(12-4-1)29-19-22-32(23-20-29)43-38-17-9-7-15-33(38)35-25-30(21-24-40(35)43)37-26-36-34-16-8-10-18-39(34)44(41(36)27-42-37)31-13-5-2-6-14-31;1-2-12-29(13-3-1)41-36-16-8-7-15-32(36)34-24-35(40-25-39(34)41)28-19-21-38-33(23-28)31-14-6-9-17-37(31)42(38)30-20-18-26-10-4-5-11-27(26)22-30/h1-28H;1-27H;1-25H. The Morgan fingerprint density at radius 3 is 0.757 bits per heavy atom. The first-order valence-corrected chi connectivity index (χ1v) is 45.9. The van der Waals surface area contributed by atoms with Gasteiger partial charge in [0, 0.05) is 121 Å². The second-order valence-electron chi connectivity index (χ2n) is 34.5. The first-order chi connectivity index (χ1) is 67.5. The lowest BCUT2D eigenvalue weighted by molar-refractivity contribution is 0.953. The average molecular weight is 1740 g/mol. The highest BCUT2D eigenvalue weighted by molar-refractivity contribution is 6.17. The van der Waals surface area contributed by atoms with Gasteiger partial charge in [0.1, 0.15) is 0 Å². The van der Waals surface area contributed by atoms with Crippen LogP contribution < -0.4 is 0 Å². The topological polar surface area (TPSA) is 107 Å². The van der Waals surface area contributed by atoms with Crippen molar-refractivity contribution in [3.63, 3.8) is 0 Å². The summed E-state index contributed by atoms with van der Waals surface area (Å²) in [4.78, 5) is 30.1. The van der Waals surface area contributed by atoms with E-state index in [0.29, 0.717) is 17.6 Å². The summed E-state index contributed by atoms with van der Waals surface area (Å²) in [5.41, 5.74) is 29.8. The summed E-state index contributed by atoms with van der Waals surface area (Å²) >= 11 is 0. The predicted octanol–water partition coefficient (Wildman–Crippen LogP) is 31.2. The molecule has 18 aromatic carbocycles. The van der Waals surface area contributed by atoms with E-state index in [2.05, 4.69) is 428 Å². The minimum absolute atomic E-state index is 0.574. The lowest BCUT2D eigenvalue weighted by Crippen LogP contribution is -2.06. The first-order valence-electron chi connectivity index (χ1n) is 45.9. The molecule has 10 aromatic heterocycles. The Morgan fingerprint density at radius 2 is 0.390 bits per heavy atom. The third-order valence-electron chi connectivity index (χ3n) is 26.7. The Balaban J connectivity index is 0.000000106. The summed E-state index contributed by atoms with van der Waals surface area (Å²) in [7, 11) is 0. The van der Waals surface area contributed by atoms with E-state index in [0.717, 1.165) is 112 Å². The Hall–Kier alpha value is -18.5. The lowest BCUT2D eigenvalue weighted by atomic mass is 10.0. The number of nitrogens with zero attached hydrogens (tertiary/aromatic N) is 12. The average Bonchev–Trinajstić information content (AvgIpc) is 1.59. The highest BCUT2D eigenvalue weighted by Gasteiger charge is 2.24. The first kappa shape index (κ1) is 78.5. The lowest BCUT2D eigenvalue weighted by Gasteiger charge is -2.11. The van der Waals surface area contributed by atoms with E-state index < -0.39 is 0 Å². The smallest absolute Gasteiger partial charge is 0.238 e. The molecule has 0 unspecified atom stereocenters. The molecule has 0 amide bonds. The van der Waals surface area contributed by atoms with Gasteiger partial charge in [0.05, 0.1) is 102 Å². The summed E-state index contributed by atoms with van der Waals surface area (Å²) in [6, 6.07) is 165. The van der Waals surface area contributed by atoms with Crippen molar-refractivity contribution in [2.75, 3.05) is 0 Å². The van der Waals surface area contributed by atoms with Gasteiger partial charge in [0.25, 0.3) is 0 Å². The highest BCUT2D eigenvalue weighted by Crippen LogP contribution is 2.44. The van der Waals surface area contributed by atoms with E-state index in [-0.39, 0.29) is 0 Å². The number of pyridine rings is 3. The van der Waals surface area contributed by atoms with Gasteiger partial charge in [-0.2, -0.15) is 9.97 Å². The molecule has 12 heteroatoms. The molecular weight excluding hydrogens is 1660 g/mol. The zero-order valence-electron chi connectivity index (χ0n) is 73.6. The van der Waals surface area contributed by atoms with Crippen LogP contribution in [0, 0.1) is 0 Å². The van der Waals surface area contributed by atoms with Gasteiger partial charge in [-0.1, -0.05) is 315 Å². The fourth-order valence-electron chi connectivity index (χ4n) is 20.5. The number of benzene rings is 18. The van der Waals surface area contributed by atoms with E-state index in [1.54, 1.807) is 0 Å². The minimum atomic E-state index is 0.574. The Kier molecular flexibility index (Phi) is 19.0. The molecule has 136 heavy (non-hydrogen) atoms. The number of aromatic nitrogens is 12. The number of hydrogen-bond acceptors (Lipinski definition) is 6. The van der Waals surface area contributed by atoms with Crippen molar-refractivity contribution in [3.8, 4) is 102 Å². The molecule has 0 bridgehead atoms. The summed E-state index contributed by atoms with van der Waals surface area (Å²) in [6.07, 6.45) is 6.06. The van der Waals surface area contributed by atoms with E-state index >= 15 is 0 Å². The molecule has 10 heterocycles. The number of hydrogen-bond donors (Lipinski definition) is 0. The molecular formula is C124H80N12. The Labute approximate surface area is 781 Å². The fraction of sp³-hybridized carbons (Fsp3) is 0. The Bertz CT molecular complexity index is 9470. The SMILES string of the molecule is c1ccc(-c2ccc(-n3c4ccccc4c4cc(-c5cc6c7ccccc7n(-c7ccccc7)c6cn5)ccc43)cc2)cc1.c1ccc(-c2nc(-c3ccccc3)nc(-n3c4ccccc4c4cc(-c5cc6c7ccccc7n(-c7ccccc7)c6cn5)ccc43)n2)cc1.c1ccc(-n2c3ccccc3c3cc(-c4ccc5c(c4)c4ccccc4n5-c4ccc5ccccc5c4)ncc32)cc1. The van der Waals surface area contributed by atoms with Crippen LogP contribution in [-0.2, 0) is 0 Å². The molecule has 0 aliphatic rings. The third kappa shape index (κ3) is 13.4. The molecule has 0 spiro atoms. The molecule has 0 N–H and O–H groups in total. The van der Waals surface area contributed by atoms with Crippen molar-refractivity contribution in [1.29, 1.82) is 0 Å². The van der Waals surface area contributed by atoms with Crippen molar-refractivity contribution >= 4 is 142 Å². The zero-order valence-corrected chi connectivity index (χ0v) is 73.6. The van der Waals surface area contributed by atoms with Gasteiger partial charge < -0.3 is 22.8 Å². The van der Waals surface area contributed by atoms with Gasteiger partial charge in [-0.3, -0.25) is 19.5 Å². The van der Waals surface area contributed by atoms with Crippen LogP contribution in [0.1, 0.15) is 0 Å². The maximum Gasteiger partial charge on any atom is 0.238 e. The second kappa shape index (κ2) is 32.8. The zero-order chi connectivity index (χ0) is 89.7. The molecule has 636 valence electrons. The molecule has 0 aliphatic carbocycles. The number of rotatable bonds is 12. The van der Waals surface area contributed by atoms with Gasteiger partial charge in [-0.15, -0.1) is 0 Å². The van der Waals surface area contributed by atoms with Gasteiger partial charge >= 0.3 is 0 Å². The monoisotopic (exact) mass is 1740 g/mol. The van der Waals surface area contributed by atoms with Gasteiger partial charge in [-0.05, 0) is 174 Å². The van der Waals surface area contributed by atoms with Gasteiger partial charge in [0.2, 0.25) is 5.95 Å². The predicted molar refractivity (Wildman–Crippen MR) is 562 cm³/mol. The van der Waals surface area contributed by atoms with Crippen LogP contribution in [-0.4, -0.2) is 57.3 Å². The summed E-state index contributed by atoms with van der Waals surface area (Å²) in [5.74, 6) is 1.83. The van der Waals surface area contributed by atoms with Crippen LogP contribution in [0.15, 0.2) is 486 Å². The van der Waals surface area contributed by atoms with Crippen molar-refractivity contribution in [2.24, 2.45) is 0 Å². The van der Waals surface area contributed by atoms with Gasteiger partial charge in [-0.25, -0.2) is 4.98 Å². The maximum atomic E-state index is 5.07. The summed E-state index contributed by atoms with van der Waals surface area (Å²) in [6.45, 7) is 0. The van der Waals surface area contributed by atoms with E-state index in [1.165, 1.54) is 115 Å². The van der Waals surface area contributed by atoms with Crippen LogP contribution in [0.3, 0.4) is 0 Å². The largest absolute Gasteiger partial charge is 0.309 e. The molecule has 0 saturated heterocycles. The quantitative estimate of drug-likeness (QED) is 0.121. The van der Waals surface area contributed by atoms with Crippen molar-refractivity contribution in [1.82, 2.24) is 57.3 Å². The van der Waals surface area contributed by atoms with E-state index in [1.807, 2.05) is 85.3 Å². The molecule has 0 saturated carbocycles. The van der Waals surface area contributed by atoms with Crippen LogP contribution in [0.25, 0.3) is 244 Å². The normalized spacial score (nSPS) is 11.7. The molecule has 0 radical (unpaired) electrons. The minimum Gasteiger partial charge on any atom is -0.309 e. The van der Waals surface area contributed by atoms with Crippen LogP contribution in [0.4, 0.5) is 0 Å². The molecule has 0 atom stereocenters. The second-order valence-corrected chi connectivity index (χ2v) is 34.5. The van der Waals surface area contributed by atoms with Crippen LogP contribution in [0.5, 0.6) is 0 Å². The third-order valence-corrected chi connectivity index (χ3v) is 26.7. The highest BCUT2D eigenvalue weighted by atomic mass is 15.2. The molecule has 0 aliphatic heterocycles. The summed E-state index contributed by atoms with van der Waals surface area (Å²) in [5, 5.41) is 16.9. The molecule has 28 rings (SSSR count). The molecule has 12 nitrogen and oxygen atoms in total.